The van der Waals surface area contributed by atoms with Gasteiger partial charge in [0.15, 0.2) is 5.82 Å². The summed E-state index contributed by atoms with van der Waals surface area (Å²) in [4.78, 5) is 19.8. The molecule has 1 N–H and O–H groups in total. The van der Waals surface area contributed by atoms with Gasteiger partial charge in [-0.25, -0.2) is 9.97 Å². The van der Waals surface area contributed by atoms with E-state index >= 15 is 0 Å². The number of carboxylic acid groups (broad SMARTS) is 1. The standard InChI is InChI=1S/C28H31F3N2O3/c1-5-18(11-13-26(34)35)22-8-7-9-23(21(22)6-2)20-15-32-27(33-16-20)19-10-12-25(36-17(3)4)24(14-19)28(29,30)31/h7-10,12,14-18H,5-6,11,13H2,1-4H3,(H,34,35). The highest BCUT2D eigenvalue weighted by Crippen LogP contribution is 2.39. The molecule has 192 valence electrons. The number of halogens is 3. The van der Waals surface area contributed by atoms with Crippen LogP contribution in [0.15, 0.2) is 48.8 Å². The van der Waals surface area contributed by atoms with Crippen LogP contribution in [-0.4, -0.2) is 27.1 Å². The van der Waals surface area contributed by atoms with Crippen LogP contribution in [0.1, 0.15) is 69.6 Å². The van der Waals surface area contributed by atoms with Gasteiger partial charge in [0.1, 0.15) is 5.75 Å². The van der Waals surface area contributed by atoms with E-state index in [1.165, 1.54) is 12.1 Å². The zero-order valence-corrected chi connectivity index (χ0v) is 20.9. The van der Waals surface area contributed by atoms with Crippen molar-refractivity contribution in [1.29, 1.82) is 0 Å². The summed E-state index contributed by atoms with van der Waals surface area (Å²) in [6.45, 7) is 7.43. The first-order valence-corrected chi connectivity index (χ1v) is 12.1. The van der Waals surface area contributed by atoms with Crippen LogP contribution in [-0.2, 0) is 17.4 Å². The van der Waals surface area contributed by atoms with Crippen molar-refractivity contribution >= 4 is 5.97 Å². The molecule has 0 saturated carbocycles. The van der Waals surface area contributed by atoms with Crippen molar-refractivity contribution in [1.82, 2.24) is 9.97 Å². The fourth-order valence-electron chi connectivity index (χ4n) is 4.39. The summed E-state index contributed by atoms with van der Waals surface area (Å²) in [5.74, 6) is -0.745. The second kappa shape index (κ2) is 11.5. The molecule has 1 atom stereocenters. The molecule has 3 aromatic rings. The molecule has 8 heteroatoms. The van der Waals surface area contributed by atoms with Gasteiger partial charge in [0, 0.05) is 29.9 Å². The largest absolute Gasteiger partial charge is 0.490 e. The lowest BCUT2D eigenvalue weighted by Crippen LogP contribution is -2.13. The Balaban J connectivity index is 1.97. The fraction of sp³-hybridized carbons (Fsp3) is 0.393. The van der Waals surface area contributed by atoms with Crippen molar-refractivity contribution in [3.63, 3.8) is 0 Å². The maximum Gasteiger partial charge on any atom is 0.419 e. The zero-order chi connectivity index (χ0) is 26.5. The van der Waals surface area contributed by atoms with Gasteiger partial charge < -0.3 is 9.84 Å². The Kier molecular flexibility index (Phi) is 8.71. The summed E-state index contributed by atoms with van der Waals surface area (Å²) in [5, 5.41) is 9.11. The van der Waals surface area contributed by atoms with Crippen molar-refractivity contribution in [3.8, 4) is 28.3 Å². The Bertz CT molecular complexity index is 1190. The van der Waals surface area contributed by atoms with Crippen LogP contribution in [0.5, 0.6) is 5.75 Å². The average molecular weight is 501 g/mol. The van der Waals surface area contributed by atoms with Crippen LogP contribution in [0.3, 0.4) is 0 Å². The molecule has 0 fully saturated rings. The minimum Gasteiger partial charge on any atom is -0.490 e. The SMILES string of the molecule is CCc1c(-c2cnc(-c3ccc(OC(C)C)c(C(F)(F)F)c3)nc2)cccc1C(CC)CCC(=O)O. The third-order valence-electron chi connectivity index (χ3n) is 6.07. The molecule has 0 amide bonds. The fourth-order valence-corrected chi connectivity index (χ4v) is 4.39. The van der Waals surface area contributed by atoms with E-state index < -0.39 is 23.8 Å². The highest BCUT2D eigenvalue weighted by Gasteiger charge is 2.35. The highest BCUT2D eigenvalue weighted by molar-refractivity contribution is 5.70. The molecular formula is C28H31F3N2O3. The van der Waals surface area contributed by atoms with Gasteiger partial charge in [-0.1, -0.05) is 32.0 Å². The van der Waals surface area contributed by atoms with Gasteiger partial charge in [-0.05, 0) is 73.9 Å². The first-order valence-electron chi connectivity index (χ1n) is 12.1. The molecule has 36 heavy (non-hydrogen) atoms. The summed E-state index contributed by atoms with van der Waals surface area (Å²) >= 11 is 0. The van der Waals surface area contributed by atoms with Crippen LogP contribution in [0.2, 0.25) is 0 Å². The van der Waals surface area contributed by atoms with E-state index in [0.29, 0.717) is 6.42 Å². The number of carbonyl (C=O) groups is 1. The maximum absolute atomic E-state index is 13.6. The summed E-state index contributed by atoms with van der Waals surface area (Å²) in [6, 6.07) is 9.77. The van der Waals surface area contributed by atoms with Gasteiger partial charge in [0.2, 0.25) is 0 Å². The van der Waals surface area contributed by atoms with Crippen molar-refractivity contribution in [3.05, 3.63) is 65.5 Å². The number of aromatic nitrogens is 2. The topological polar surface area (TPSA) is 72.3 Å². The molecule has 0 spiro atoms. The molecule has 2 aromatic carbocycles. The predicted molar refractivity (Wildman–Crippen MR) is 133 cm³/mol. The minimum atomic E-state index is -4.58. The lowest BCUT2D eigenvalue weighted by molar-refractivity contribution is -0.139. The molecule has 1 aromatic heterocycles. The van der Waals surface area contributed by atoms with E-state index in [4.69, 9.17) is 9.84 Å². The van der Waals surface area contributed by atoms with Gasteiger partial charge in [0.05, 0.1) is 11.7 Å². The monoisotopic (exact) mass is 500 g/mol. The number of ether oxygens (including phenoxy) is 1. The Morgan fingerprint density at radius 1 is 1.06 bits per heavy atom. The maximum atomic E-state index is 13.6. The summed E-state index contributed by atoms with van der Waals surface area (Å²) in [6.07, 6.45) is 0.468. The van der Waals surface area contributed by atoms with Crippen molar-refractivity contribution < 1.29 is 27.8 Å². The molecular weight excluding hydrogens is 469 g/mol. The van der Waals surface area contributed by atoms with Crippen molar-refractivity contribution in [2.75, 3.05) is 0 Å². The highest BCUT2D eigenvalue weighted by atomic mass is 19.4. The Hall–Kier alpha value is -3.42. The lowest BCUT2D eigenvalue weighted by Gasteiger charge is -2.21. The van der Waals surface area contributed by atoms with Crippen molar-refractivity contribution in [2.45, 2.75) is 71.6 Å². The Morgan fingerprint density at radius 2 is 1.75 bits per heavy atom. The molecule has 0 aliphatic carbocycles. The average Bonchev–Trinajstić information content (AvgIpc) is 2.83. The molecule has 0 aliphatic heterocycles. The number of aliphatic carboxylic acids is 1. The third-order valence-corrected chi connectivity index (χ3v) is 6.07. The first kappa shape index (κ1) is 27.2. The number of carboxylic acids is 1. The van der Waals surface area contributed by atoms with E-state index in [0.717, 1.165) is 41.2 Å². The number of benzene rings is 2. The number of hydrogen-bond acceptors (Lipinski definition) is 4. The molecule has 5 nitrogen and oxygen atoms in total. The number of hydrogen-bond donors (Lipinski definition) is 1. The third kappa shape index (κ3) is 6.42. The second-order valence-electron chi connectivity index (χ2n) is 8.94. The molecule has 0 saturated heterocycles. The van der Waals surface area contributed by atoms with Gasteiger partial charge in [-0.3, -0.25) is 4.79 Å². The molecule has 1 unspecified atom stereocenters. The van der Waals surface area contributed by atoms with Crippen LogP contribution in [0.25, 0.3) is 22.5 Å². The lowest BCUT2D eigenvalue weighted by atomic mass is 9.84. The summed E-state index contributed by atoms with van der Waals surface area (Å²) in [7, 11) is 0. The van der Waals surface area contributed by atoms with Crippen LogP contribution >= 0.6 is 0 Å². The van der Waals surface area contributed by atoms with Gasteiger partial charge in [0.25, 0.3) is 0 Å². The van der Waals surface area contributed by atoms with Crippen LogP contribution < -0.4 is 4.74 Å². The minimum absolute atomic E-state index is 0.102. The summed E-state index contributed by atoms with van der Waals surface area (Å²) in [5.41, 5.74) is 3.27. The van der Waals surface area contributed by atoms with Gasteiger partial charge >= 0.3 is 12.1 Å². The van der Waals surface area contributed by atoms with Gasteiger partial charge in [-0.2, -0.15) is 13.2 Å². The molecule has 0 bridgehead atoms. The van der Waals surface area contributed by atoms with E-state index in [2.05, 4.69) is 9.97 Å². The number of rotatable bonds is 10. The molecule has 0 radical (unpaired) electrons. The van der Waals surface area contributed by atoms with E-state index in [-0.39, 0.29) is 29.5 Å². The van der Waals surface area contributed by atoms with Gasteiger partial charge in [-0.15, -0.1) is 0 Å². The number of alkyl halides is 3. The van der Waals surface area contributed by atoms with E-state index in [1.54, 1.807) is 26.2 Å². The number of nitrogens with zero attached hydrogens (tertiary/aromatic N) is 2. The first-order chi connectivity index (χ1) is 17.0. The van der Waals surface area contributed by atoms with E-state index in [1.807, 2.05) is 32.0 Å². The molecule has 3 rings (SSSR count). The van der Waals surface area contributed by atoms with Crippen LogP contribution in [0.4, 0.5) is 13.2 Å². The normalized spacial score (nSPS) is 12.6. The molecule has 0 aliphatic rings. The zero-order valence-electron chi connectivity index (χ0n) is 20.9. The summed E-state index contributed by atoms with van der Waals surface area (Å²) < 4.78 is 46.3. The molecule has 1 heterocycles. The quantitative estimate of drug-likeness (QED) is 0.311. The van der Waals surface area contributed by atoms with Crippen LogP contribution in [0, 0.1) is 0 Å². The van der Waals surface area contributed by atoms with Crippen molar-refractivity contribution in [2.24, 2.45) is 0 Å². The smallest absolute Gasteiger partial charge is 0.419 e. The Labute approximate surface area is 209 Å². The second-order valence-corrected chi connectivity index (χ2v) is 8.94. The Morgan fingerprint density at radius 3 is 2.31 bits per heavy atom. The predicted octanol–water partition coefficient (Wildman–Crippen LogP) is 7.54. The van der Waals surface area contributed by atoms with E-state index in [9.17, 15) is 18.0 Å².